The van der Waals surface area contributed by atoms with E-state index in [1.54, 1.807) is 0 Å². The number of fused-ring (bicyclic) bond motifs is 1. The molecule has 3 aromatic rings. The number of anilines is 2. The average Bonchev–Trinajstić information content (AvgIpc) is 2.72. The molecule has 4 rings (SSSR count). The van der Waals surface area contributed by atoms with Crippen molar-refractivity contribution in [3.8, 4) is 0 Å². The molecule has 0 saturated carbocycles. The molecule has 2 aromatic carbocycles. The maximum absolute atomic E-state index is 12.9. The Labute approximate surface area is 182 Å². The second kappa shape index (κ2) is 8.38. The number of rotatable bonds is 4. The molecule has 2 heterocycles. The molecule has 6 nitrogen and oxygen atoms in total. The van der Waals surface area contributed by atoms with Crippen LogP contribution < -0.4 is 15.8 Å². The summed E-state index contributed by atoms with van der Waals surface area (Å²) in [5.41, 5.74) is 6.96. The highest BCUT2D eigenvalue weighted by atomic mass is 16.2. The molecule has 0 spiro atoms. The molecule has 0 aliphatic carbocycles. The highest BCUT2D eigenvalue weighted by Gasteiger charge is 2.22. The lowest BCUT2D eigenvalue weighted by Crippen LogP contribution is -2.38. The summed E-state index contributed by atoms with van der Waals surface area (Å²) in [5, 5.41) is 3.00. The van der Waals surface area contributed by atoms with E-state index in [0.29, 0.717) is 18.2 Å². The summed E-state index contributed by atoms with van der Waals surface area (Å²) in [7, 11) is 0. The maximum atomic E-state index is 12.9. The molecule has 0 radical (unpaired) electrons. The van der Waals surface area contributed by atoms with E-state index in [-0.39, 0.29) is 18.0 Å². The molecule has 1 aliphatic heterocycles. The summed E-state index contributed by atoms with van der Waals surface area (Å²) in [5.74, 6) is 0.313. The van der Waals surface area contributed by atoms with Gasteiger partial charge in [-0.15, -0.1) is 0 Å². The van der Waals surface area contributed by atoms with Crippen LogP contribution in [0.5, 0.6) is 0 Å². The van der Waals surface area contributed by atoms with Gasteiger partial charge in [0.2, 0.25) is 11.9 Å². The highest BCUT2D eigenvalue weighted by Crippen LogP contribution is 2.24. The first kappa shape index (κ1) is 20.8. The molecule has 0 fully saturated rings. The number of nitrogens with one attached hydrogen (secondary N) is 1. The van der Waals surface area contributed by atoms with Crippen molar-refractivity contribution in [1.82, 2.24) is 9.55 Å². The van der Waals surface area contributed by atoms with Crippen LogP contribution in [0.3, 0.4) is 0 Å². The molecule has 1 N–H and O–H groups in total. The van der Waals surface area contributed by atoms with Gasteiger partial charge in [-0.1, -0.05) is 42.0 Å². The highest BCUT2D eigenvalue weighted by molar-refractivity contribution is 5.92. The topological polar surface area (TPSA) is 67.2 Å². The molecule has 160 valence electrons. The third-order valence-corrected chi connectivity index (χ3v) is 5.77. The van der Waals surface area contributed by atoms with Crippen molar-refractivity contribution in [3.63, 3.8) is 0 Å². The van der Waals surface area contributed by atoms with Crippen molar-refractivity contribution in [2.24, 2.45) is 0 Å². The lowest BCUT2D eigenvalue weighted by Gasteiger charge is -2.31. The molecule has 0 saturated heterocycles. The van der Waals surface area contributed by atoms with Crippen LogP contribution in [0.4, 0.5) is 11.6 Å². The summed E-state index contributed by atoms with van der Waals surface area (Å²) in [6.45, 7) is 9.15. The van der Waals surface area contributed by atoms with Crippen molar-refractivity contribution in [2.75, 3.05) is 16.8 Å². The van der Waals surface area contributed by atoms with Crippen LogP contribution in [-0.2, 0) is 24.3 Å². The third kappa shape index (κ3) is 4.38. The summed E-state index contributed by atoms with van der Waals surface area (Å²) in [6, 6.07) is 13.9. The number of carbonyl (C=O) groups is 1. The van der Waals surface area contributed by atoms with Crippen LogP contribution in [0.2, 0.25) is 0 Å². The Hall–Kier alpha value is -3.41. The van der Waals surface area contributed by atoms with Gasteiger partial charge in [0.25, 0.3) is 5.56 Å². The van der Waals surface area contributed by atoms with Gasteiger partial charge in [-0.2, -0.15) is 0 Å². The number of benzene rings is 2. The number of amides is 1. The predicted octanol–water partition coefficient (Wildman–Crippen LogP) is 3.68. The molecule has 1 aromatic heterocycles. The number of aromatic nitrogens is 2. The minimum atomic E-state index is -0.235. The standard InChI is InChI=1S/C25H28N4O2/c1-16-11-17(2)24(18(3)12-16)27-22(30)15-29-23(31)13-19(4)26-25(29)28-10-9-20-7-5-6-8-21(20)14-28/h5-8,11-13H,9-10,14-15H2,1-4H3,(H,27,30). The van der Waals surface area contributed by atoms with Gasteiger partial charge in [0.15, 0.2) is 0 Å². The van der Waals surface area contributed by atoms with Gasteiger partial charge in [0.1, 0.15) is 6.54 Å². The molecule has 6 heteroatoms. The molecule has 0 bridgehead atoms. The first-order valence-corrected chi connectivity index (χ1v) is 10.6. The van der Waals surface area contributed by atoms with Gasteiger partial charge in [-0.3, -0.25) is 14.2 Å². The normalized spacial score (nSPS) is 13.1. The Balaban J connectivity index is 1.62. The Kier molecular flexibility index (Phi) is 5.63. The Bertz CT molecular complexity index is 1190. The fourth-order valence-corrected chi connectivity index (χ4v) is 4.36. The van der Waals surface area contributed by atoms with E-state index in [4.69, 9.17) is 0 Å². The smallest absolute Gasteiger partial charge is 0.255 e. The maximum Gasteiger partial charge on any atom is 0.255 e. The van der Waals surface area contributed by atoms with Crippen LogP contribution in [-0.4, -0.2) is 22.0 Å². The van der Waals surface area contributed by atoms with Gasteiger partial charge in [0, 0.05) is 30.5 Å². The van der Waals surface area contributed by atoms with Crippen molar-refractivity contribution in [1.29, 1.82) is 0 Å². The van der Waals surface area contributed by atoms with Crippen LogP contribution in [0, 0.1) is 27.7 Å². The molecule has 0 atom stereocenters. The zero-order chi connectivity index (χ0) is 22.1. The predicted molar refractivity (Wildman–Crippen MR) is 124 cm³/mol. The third-order valence-electron chi connectivity index (χ3n) is 5.77. The fraction of sp³-hybridized carbons (Fsp3) is 0.320. The second-order valence-corrected chi connectivity index (χ2v) is 8.38. The van der Waals surface area contributed by atoms with Crippen molar-refractivity contribution < 1.29 is 4.79 Å². The molecule has 31 heavy (non-hydrogen) atoms. The number of aryl methyl sites for hydroxylation is 4. The lowest BCUT2D eigenvalue weighted by molar-refractivity contribution is -0.116. The van der Waals surface area contributed by atoms with Crippen molar-refractivity contribution >= 4 is 17.5 Å². The van der Waals surface area contributed by atoms with E-state index < -0.39 is 0 Å². The summed E-state index contributed by atoms with van der Waals surface area (Å²) in [4.78, 5) is 32.5. The molecular formula is C25H28N4O2. The van der Waals surface area contributed by atoms with Crippen molar-refractivity contribution in [2.45, 2.75) is 47.2 Å². The Morgan fingerprint density at radius 3 is 2.42 bits per heavy atom. The zero-order valence-electron chi connectivity index (χ0n) is 18.5. The lowest BCUT2D eigenvalue weighted by atomic mass is 10.0. The number of carbonyl (C=O) groups excluding carboxylic acids is 1. The molecular weight excluding hydrogens is 388 g/mol. The average molecular weight is 417 g/mol. The van der Waals surface area contributed by atoms with E-state index in [1.807, 2.05) is 45.9 Å². The Morgan fingerprint density at radius 1 is 1.03 bits per heavy atom. The van der Waals surface area contributed by atoms with E-state index in [0.717, 1.165) is 35.3 Å². The molecule has 0 unspecified atom stereocenters. The van der Waals surface area contributed by atoms with Crippen LogP contribution in [0.25, 0.3) is 0 Å². The summed E-state index contributed by atoms with van der Waals surface area (Å²) < 4.78 is 1.48. The monoisotopic (exact) mass is 416 g/mol. The first-order valence-electron chi connectivity index (χ1n) is 10.6. The summed E-state index contributed by atoms with van der Waals surface area (Å²) >= 11 is 0. The fourth-order valence-electron chi connectivity index (χ4n) is 4.36. The summed E-state index contributed by atoms with van der Waals surface area (Å²) in [6.07, 6.45) is 0.883. The second-order valence-electron chi connectivity index (χ2n) is 8.38. The van der Waals surface area contributed by atoms with Crippen LogP contribution in [0.1, 0.15) is 33.5 Å². The van der Waals surface area contributed by atoms with Crippen LogP contribution >= 0.6 is 0 Å². The van der Waals surface area contributed by atoms with Crippen molar-refractivity contribution in [3.05, 3.63) is 86.3 Å². The van der Waals surface area contributed by atoms with Gasteiger partial charge >= 0.3 is 0 Å². The molecule has 1 aliphatic rings. The molecule has 1 amide bonds. The largest absolute Gasteiger partial charge is 0.337 e. The van der Waals surface area contributed by atoms with E-state index in [9.17, 15) is 9.59 Å². The zero-order valence-corrected chi connectivity index (χ0v) is 18.5. The van der Waals surface area contributed by atoms with E-state index >= 15 is 0 Å². The van der Waals surface area contributed by atoms with E-state index in [1.165, 1.54) is 21.8 Å². The number of hydrogen-bond donors (Lipinski definition) is 1. The van der Waals surface area contributed by atoms with Gasteiger partial charge < -0.3 is 10.2 Å². The van der Waals surface area contributed by atoms with Gasteiger partial charge in [0.05, 0.1) is 0 Å². The SMILES string of the molecule is Cc1cc(C)c(NC(=O)Cn2c(N3CCc4ccccc4C3)nc(C)cc2=O)c(C)c1. The minimum Gasteiger partial charge on any atom is -0.337 e. The number of hydrogen-bond acceptors (Lipinski definition) is 4. The first-order chi connectivity index (χ1) is 14.8. The Morgan fingerprint density at radius 2 is 1.71 bits per heavy atom. The number of nitrogens with zero attached hydrogens (tertiary/aromatic N) is 3. The quantitative estimate of drug-likeness (QED) is 0.705. The van der Waals surface area contributed by atoms with Gasteiger partial charge in [-0.25, -0.2) is 4.98 Å². The minimum absolute atomic E-state index is 0.0770. The van der Waals surface area contributed by atoms with Crippen LogP contribution in [0.15, 0.2) is 47.3 Å². The van der Waals surface area contributed by atoms with E-state index in [2.05, 4.69) is 33.4 Å². The van der Waals surface area contributed by atoms with Gasteiger partial charge in [-0.05, 0) is 56.4 Å².